The molecule has 0 unspecified atom stereocenters. The molecule has 0 aromatic carbocycles. The van der Waals surface area contributed by atoms with E-state index >= 15 is 0 Å². The zero-order valence-corrected chi connectivity index (χ0v) is 9.23. The van der Waals surface area contributed by atoms with E-state index in [0.29, 0.717) is 18.7 Å². The van der Waals surface area contributed by atoms with Crippen molar-refractivity contribution >= 4 is 5.69 Å². The third-order valence-electron chi connectivity index (χ3n) is 2.53. The molecule has 0 atom stereocenters. The molecule has 0 aliphatic carbocycles. The molecule has 0 aliphatic heterocycles. The number of hydrogen-bond acceptors (Lipinski definition) is 4. The molecule has 0 bridgehead atoms. The van der Waals surface area contributed by atoms with Gasteiger partial charge in [-0.1, -0.05) is 13.8 Å². The Morgan fingerprint density at radius 2 is 2.27 bits per heavy atom. The van der Waals surface area contributed by atoms with Gasteiger partial charge in [-0.2, -0.15) is 5.10 Å². The molecular formula is C9H16N4O2. The standard InChI is InChI=1S/C9H16N4O2/c1-9(2,4-5-10)8-7(13(14)15)6-11-12(8)3/h6H,4-5,10H2,1-3H3. The predicted octanol–water partition coefficient (Wildman–Crippen LogP) is 0.955. The highest BCUT2D eigenvalue weighted by Crippen LogP contribution is 2.32. The fourth-order valence-electron chi connectivity index (χ4n) is 1.82. The van der Waals surface area contributed by atoms with Crippen molar-refractivity contribution in [1.82, 2.24) is 9.78 Å². The van der Waals surface area contributed by atoms with Crippen LogP contribution < -0.4 is 5.73 Å². The summed E-state index contributed by atoms with van der Waals surface area (Å²) in [5.74, 6) is 0. The van der Waals surface area contributed by atoms with E-state index in [9.17, 15) is 10.1 Å². The molecule has 6 heteroatoms. The van der Waals surface area contributed by atoms with Crippen LogP contribution in [-0.2, 0) is 12.5 Å². The summed E-state index contributed by atoms with van der Waals surface area (Å²) in [6.07, 6.45) is 1.97. The van der Waals surface area contributed by atoms with Crippen LogP contribution in [0.3, 0.4) is 0 Å². The smallest absolute Gasteiger partial charge is 0.310 e. The first kappa shape index (κ1) is 11.6. The van der Waals surface area contributed by atoms with E-state index in [4.69, 9.17) is 5.73 Å². The van der Waals surface area contributed by atoms with Crippen molar-refractivity contribution in [3.05, 3.63) is 22.0 Å². The van der Waals surface area contributed by atoms with E-state index in [0.717, 1.165) is 0 Å². The van der Waals surface area contributed by atoms with Crippen LogP contribution >= 0.6 is 0 Å². The van der Waals surface area contributed by atoms with Crippen molar-refractivity contribution in [2.24, 2.45) is 12.8 Å². The lowest BCUT2D eigenvalue weighted by molar-refractivity contribution is -0.386. The Balaban J connectivity index is 3.22. The highest BCUT2D eigenvalue weighted by Gasteiger charge is 2.32. The summed E-state index contributed by atoms with van der Waals surface area (Å²) in [5.41, 5.74) is 5.86. The maximum Gasteiger partial charge on any atom is 0.310 e. The first-order valence-corrected chi connectivity index (χ1v) is 4.77. The third kappa shape index (κ3) is 2.15. The van der Waals surface area contributed by atoms with Crippen LogP contribution in [0.25, 0.3) is 0 Å². The highest BCUT2D eigenvalue weighted by atomic mass is 16.6. The van der Waals surface area contributed by atoms with Crippen LogP contribution in [0.1, 0.15) is 26.0 Å². The van der Waals surface area contributed by atoms with E-state index in [-0.39, 0.29) is 11.1 Å². The predicted molar refractivity (Wildman–Crippen MR) is 56.6 cm³/mol. The molecule has 0 saturated carbocycles. The van der Waals surface area contributed by atoms with Gasteiger partial charge >= 0.3 is 5.69 Å². The molecule has 0 aliphatic rings. The van der Waals surface area contributed by atoms with Gasteiger partial charge in [-0.3, -0.25) is 14.8 Å². The average Bonchev–Trinajstić information content (AvgIpc) is 2.47. The second kappa shape index (κ2) is 3.98. The molecule has 0 radical (unpaired) electrons. The monoisotopic (exact) mass is 212 g/mol. The molecule has 1 aromatic rings. The number of rotatable bonds is 4. The Bertz CT molecular complexity index is 370. The zero-order valence-electron chi connectivity index (χ0n) is 9.23. The molecular weight excluding hydrogens is 196 g/mol. The second-order valence-corrected chi connectivity index (χ2v) is 4.18. The number of aryl methyl sites for hydroxylation is 1. The summed E-state index contributed by atoms with van der Waals surface area (Å²) in [4.78, 5) is 10.4. The second-order valence-electron chi connectivity index (χ2n) is 4.18. The lowest BCUT2D eigenvalue weighted by Gasteiger charge is -2.23. The summed E-state index contributed by atoms with van der Waals surface area (Å²) in [7, 11) is 1.71. The van der Waals surface area contributed by atoms with Crippen LogP contribution in [-0.4, -0.2) is 21.2 Å². The normalized spacial score (nSPS) is 11.7. The Morgan fingerprint density at radius 1 is 1.67 bits per heavy atom. The maximum atomic E-state index is 10.8. The molecule has 15 heavy (non-hydrogen) atoms. The van der Waals surface area contributed by atoms with Gasteiger partial charge in [-0.15, -0.1) is 0 Å². The quantitative estimate of drug-likeness (QED) is 0.594. The maximum absolute atomic E-state index is 10.8. The van der Waals surface area contributed by atoms with Gasteiger partial charge in [-0.25, -0.2) is 0 Å². The van der Waals surface area contributed by atoms with Crippen LogP contribution in [0, 0.1) is 10.1 Å². The molecule has 0 spiro atoms. The Morgan fingerprint density at radius 3 is 2.73 bits per heavy atom. The topological polar surface area (TPSA) is 87.0 Å². The first-order valence-electron chi connectivity index (χ1n) is 4.77. The van der Waals surface area contributed by atoms with Gasteiger partial charge in [0.1, 0.15) is 11.9 Å². The van der Waals surface area contributed by atoms with Gasteiger partial charge in [0, 0.05) is 12.5 Å². The van der Waals surface area contributed by atoms with E-state index in [1.54, 1.807) is 11.7 Å². The molecule has 1 aromatic heterocycles. The molecule has 0 amide bonds. The highest BCUT2D eigenvalue weighted by molar-refractivity contribution is 5.38. The number of nitrogens with zero attached hydrogens (tertiary/aromatic N) is 3. The minimum absolute atomic E-state index is 0.0657. The number of hydrogen-bond donors (Lipinski definition) is 1. The zero-order chi connectivity index (χ0) is 11.6. The van der Waals surface area contributed by atoms with Crippen LogP contribution in [0.2, 0.25) is 0 Å². The Kier molecular flexibility index (Phi) is 3.09. The minimum atomic E-state index is -0.402. The van der Waals surface area contributed by atoms with Crippen molar-refractivity contribution in [3.63, 3.8) is 0 Å². The summed E-state index contributed by atoms with van der Waals surface area (Å²) in [6.45, 7) is 4.36. The average molecular weight is 212 g/mol. The molecule has 0 saturated heterocycles. The summed E-state index contributed by atoms with van der Waals surface area (Å²) >= 11 is 0. The van der Waals surface area contributed by atoms with Gasteiger partial charge < -0.3 is 5.73 Å². The number of nitro groups is 1. The van der Waals surface area contributed by atoms with Gasteiger partial charge in [0.2, 0.25) is 0 Å². The van der Waals surface area contributed by atoms with Gasteiger partial charge in [-0.05, 0) is 13.0 Å². The lowest BCUT2D eigenvalue weighted by atomic mass is 9.85. The van der Waals surface area contributed by atoms with E-state index in [1.807, 2.05) is 13.8 Å². The lowest BCUT2D eigenvalue weighted by Crippen LogP contribution is -2.25. The van der Waals surface area contributed by atoms with Crippen molar-refractivity contribution in [2.45, 2.75) is 25.7 Å². The Hall–Kier alpha value is -1.43. The summed E-state index contributed by atoms with van der Waals surface area (Å²) in [5, 5.41) is 14.7. The van der Waals surface area contributed by atoms with E-state index in [2.05, 4.69) is 5.10 Å². The third-order valence-corrected chi connectivity index (χ3v) is 2.53. The largest absolute Gasteiger partial charge is 0.330 e. The number of aromatic nitrogens is 2. The number of nitrogens with two attached hydrogens (primary N) is 1. The summed E-state index contributed by atoms with van der Waals surface area (Å²) < 4.78 is 1.55. The minimum Gasteiger partial charge on any atom is -0.330 e. The van der Waals surface area contributed by atoms with Crippen molar-refractivity contribution in [1.29, 1.82) is 0 Å². The molecule has 84 valence electrons. The molecule has 2 N–H and O–H groups in total. The summed E-state index contributed by atoms with van der Waals surface area (Å²) in [6, 6.07) is 0. The molecule has 1 rings (SSSR count). The molecule has 0 fully saturated rings. The Labute approximate surface area is 88.2 Å². The van der Waals surface area contributed by atoms with E-state index < -0.39 is 4.92 Å². The SMILES string of the molecule is Cn1ncc([N+](=O)[O-])c1C(C)(C)CCN. The van der Waals surface area contributed by atoms with Crippen LogP contribution in [0.5, 0.6) is 0 Å². The molecule has 6 nitrogen and oxygen atoms in total. The molecule has 1 heterocycles. The van der Waals surface area contributed by atoms with Gasteiger partial charge in [0.05, 0.1) is 4.92 Å². The van der Waals surface area contributed by atoms with Gasteiger partial charge in [0.15, 0.2) is 0 Å². The van der Waals surface area contributed by atoms with Crippen molar-refractivity contribution < 1.29 is 4.92 Å². The fraction of sp³-hybridized carbons (Fsp3) is 0.667. The van der Waals surface area contributed by atoms with Gasteiger partial charge in [0.25, 0.3) is 0 Å². The fourth-order valence-corrected chi connectivity index (χ4v) is 1.82. The van der Waals surface area contributed by atoms with E-state index in [1.165, 1.54) is 6.20 Å². The van der Waals surface area contributed by atoms with Crippen LogP contribution in [0.15, 0.2) is 6.20 Å². The van der Waals surface area contributed by atoms with Crippen LogP contribution in [0.4, 0.5) is 5.69 Å². The first-order chi connectivity index (χ1) is 6.90. The van der Waals surface area contributed by atoms with Crippen molar-refractivity contribution in [3.8, 4) is 0 Å². The van der Waals surface area contributed by atoms with Crippen molar-refractivity contribution in [2.75, 3.05) is 6.54 Å².